The summed E-state index contributed by atoms with van der Waals surface area (Å²) in [6.07, 6.45) is 10.2. The van der Waals surface area contributed by atoms with Crippen LogP contribution in [0.2, 0.25) is 0 Å². The van der Waals surface area contributed by atoms with Crippen LogP contribution in [0, 0.1) is 24.7 Å². The van der Waals surface area contributed by atoms with Gasteiger partial charge in [0, 0.05) is 0 Å². The molecule has 0 aromatic carbocycles. The number of terminal acetylenes is 2. The zero-order chi connectivity index (χ0) is 9.40. The van der Waals surface area contributed by atoms with Gasteiger partial charge in [-0.15, -0.1) is 61.6 Å². The quantitative estimate of drug-likeness (QED) is 0.565. The molecule has 0 saturated carbocycles. The summed E-state index contributed by atoms with van der Waals surface area (Å²) in [5.41, 5.74) is 0. The van der Waals surface area contributed by atoms with Crippen molar-refractivity contribution in [1.29, 1.82) is 0 Å². The van der Waals surface area contributed by atoms with Crippen molar-refractivity contribution in [2.45, 2.75) is 0 Å². The summed E-state index contributed by atoms with van der Waals surface area (Å²) in [4.78, 5) is 0. The molecule has 0 spiro atoms. The van der Waals surface area contributed by atoms with Gasteiger partial charge in [-0.1, -0.05) is 11.8 Å². The van der Waals surface area contributed by atoms with Crippen LogP contribution >= 0.6 is 48.8 Å². The van der Waals surface area contributed by atoms with Crippen LogP contribution in [0.4, 0.5) is 0 Å². The maximum absolute atomic E-state index is 5.09. The van der Waals surface area contributed by atoms with E-state index in [2.05, 4.69) is 37.1 Å². The van der Waals surface area contributed by atoms with Crippen LogP contribution in [0.5, 0.6) is 0 Å². The second-order valence-electron chi connectivity index (χ2n) is 1.60. The molecular weight excluding hydrogens is 224 g/mol. The molecule has 0 aromatic rings. The number of rotatable bonds is 4. The standard InChI is InChI=1S/C8H8S4/c1-3-5-11-7(9)8(10)12-6-4-2/h1-2,9-10H,5-6H2. The summed E-state index contributed by atoms with van der Waals surface area (Å²) in [5.74, 6) is 6.23. The first-order valence-corrected chi connectivity index (χ1v) is 5.83. The van der Waals surface area contributed by atoms with Gasteiger partial charge < -0.3 is 0 Å². The van der Waals surface area contributed by atoms with Crippen molar-refractivity contribution in [3.63, 3.8) is 0 Å². The summed E-state index contributed by atoms with van der Waals surface area (Å²) in [7, 11) is 0. The minimum atomic E-state index is 0.611. The lowest BCUT2D eigenvalue weighted by Gasteiger charge is -2.00. The third kappa shape index (κ3) is 5.85. The summed E-state index contributed by atoms with van der Waals surface area (Å²) in [5, 5.41) is 0. The van der Waals surface area contributed by atoms with E-state index in [4.69, 9.17) is 12.8 Å². The molecule has 0 saturated heterocycles. The Labute approximate surface area is 93.2 Å². The molecule has 0 rings (SSSR count). The highest BCUT2D eigenvalue weighted by atomic mass is 32.2. The first-order valence-electron chi connectivity index (χ1n) is 2.97. The Kier molecular flexibility index (Phi) is 8.06. The van der Waals surface area contributed by atoms with E-state index in [9.17, 15) is 0 Å². The van der Waals surface area contributed by atoms with Crippen molar-refractivity contribution in [3.05, 3.63) is 8.47 Å². The summed E-state index contributed by atoms with van der Waals surface area (Å²) < 4.78 is 1.66. The second kappa shape index (κ2) is 7.89. The Morgan fingerprint density at radius 1 is 1.00 bits per heavy atom. The highest BCUT2D eigenvalue weighted by Gasteiger charge is 1.98. The van der Waals surface area contributed by atoms with E-state index in [1.54, 1.807) is 0 Å². The average Bonchev–Trinajstić information content (AvgIpc) is 2.10. The van der Waals surface area contributed by atoms with Crippen LogP contribution in [0.3, 0.4) is 0 Å². The first kappa shape index (κ1) is 12.3. The van der Waals surface area contributed by atoms with Gasteiger partial charge in [0.1, 0.15) is 0 Å². The smallest absolute Gasteiger partial charge is 0.0597 e. The fourth-order valence-electron chi connectivity index (χ4n) is 0.344. The second-order valence-corrected chi connectivity index (χ2v) is 5.07. The Balaban J connectivity index is 3.92. The van der Waals surface area contributed by atoms with Gasteiger partial charge in [-0.05, 0) is 0 Å². The predicted molar refractivity (Wildman–Crippen MR) is 67.6 cm³/mol. The van der Waals surface area contributed by atoms with Crippen LogP contribution in [-0.4, -0.2) is 11.5 Å². The fourth-order valence-corrected chi connectivity index (χ4v) is 2.16. The van der Waals surface area contributed by atoms with Crippen molar-refractivity contribution in [1.82, 2.24) is 0 Å². The SMILES string of the molecule is C#CCSC(S)=C(S)SCC#C. The van der Waals surface area contributed by atoms with Crippen LogP contribution in [0.25, 0.3) is 0 Å². The molecule has 4 heteroatoms. The van der Waals surface area contributed by atoms with Crippen molar-refractivity contribution in [2.24, 2.45) is 0 Å². The van der Waals surface area contributed by atoms with Crippen LogP contribution < -0.4 is 0 Å². The average molecular weight is 232 g/mol. The maximum Gasteiger partial charge on any atom is 0.0597 e. The molecule has 64 valence electrons. The van der Waals surface area contributed by atoms with Crippen LogP contribution in [0.1, 0.15) is 0 Å². The monoisotopic (exact) mass is 232 g/mol. The highest BCUT2D eigenvalue weighted by Crippen LogP contribution is 2.32. The van der Waals surface area contributed by atoms with E-state index in [0.29, 0.717) is 11.5 Å². The van der Waals surface area contributed by atoms with Gasteiger partial charge in [-0.25, -0.2) is 0 Å². The molecule has 0 bridgehead atoms. The molecular formula is C8H8S4. The number of hydrogen-bond acceptors (Lipinski definition) is 4. The molecule has 12 heavy (non-hydrogen) atoms. The summed E-state index contributed by atoms with van der Waals surface area (Å²) in [6.45, 7) is 0. The van der Waals surface area contributed by atoms with Crippen molar-refractivity contribution >= 4 is 48.8 Å². The number of thiol groups is 2. The van der Waals surface area contributed by atoms with Gasteiger partial charge in [0.15, 0.2) is 0 Å². The lowest BCUT2D eigenvalue weighted by molar-refractivity contribution is 1.95. The van der Waals surface area contributed by atoms with Gasteiger partial charge >= 0.3 is 0 Å². The normalized spacial score (nSPS) is 11.3. The zero-order valence-electron chi connectivity index (χ0n) is 6.28. The van der Waals surface area contributed by atoms with Crippen molar-refractivity contribution in [2.75, 3.05) is 11.5 Å². The topological polar surface area (TPSA) is 0 Å². The molecule has 0 heterocycles. The van der Waals surface area contributed by atoms with Crippen LogP contribution in [0.15, 0.2) is 8.47 Å². The van der Waals surface area contributed by atoms with Gasteiger partial charge in [0.25, 0.3) is 0 Å². The van der Waals surface area contributed by atoms with Gasteiger partial charge in [-0.3, -0.25) is 0 Å². The molecule has 0 aliphatic rings. The minimum absolute atomic E-state index is 0.611. The van der Waals surface area contributed by atoms with E-state index in [1.165, 1.54) is 23.5 Å². The lowest BCUT2D eigenvalue weighted by Crippen LogP contribution is -1.75. The van der Waals surface area contributed by atoms with Crippen LogP contribution in [-0.2, 0) is 0 Å². The van der Waals surface area contributed by atoms with E-state index in [0.717, 1.165) is 8.47 Å². The molecule has 0 radical (unpaired) electrons. The fraction of sp³-hybridized carbons (Fsp3) is 0.250. The van der Waals surface area contributed by atoms with E-state index in [1.807, 2.05) is 0 Å². The Morgan fingerprint density at radius 2 is 1.33 bits per heavy atom. The Morgan fingerprint density at radius 3 is 1.58 bits per heavy atom. The third-order valence-corrected chi connectivity index (χ3v) is 4.17. The molecule has 0 N–H and O–H groups in total. The molecule has 0 nitrogen and oxygen atoms in total. The van der Waals surface area contributed by atoms with Gasteiger partial charge in [0.2, 0.25) is 0 Å². The van der Waals surface area contributed by atoms with Crippen molar-refractivity contribution in [3.8, 4) is 24.7 Å². The maximum atomic E-state index is 5.09. The van der Waals surface area contributed by atoms with Gasteiger partial charge in [-0.2, -0.15) is 0 Å². The molecule has 0 aliphatic carbocycles. The van der Waals surface area contributed by atoms with Crippen molar-refractivity contribution < 1.29 is 0 Å². The number of thioether (sulfide) groups is 2. The highest BCUT2D eigenvalue weighted by molar-refractivity contribution is 8.21. The lowest BCUT2D eigenvalue weighted by atomic mass is 10.8. The van der Waals surface area contributed by atoms with Gasteiger partial charge in [0.05, 0.1) is 20.0 Å². The molecule has 0 aromatic heterocycles. The third-order valence-electron chi connectivity index (χ3n) is 0.767. The zero-order valence-corrected chi connectivity index (χ0v) is 9.70. The van der Waals surface area contributed by atoms with E-state index in [-0.39, 0.29) is 0 Å². The van der Waals surface area contributed by atoms with E-state index >= 15 is 0 Å². The number of hydrogen-bond donors (Lipinski definition) is 2. The minimum Gasteiger partial charge on any atom is -0.135 e. The summed E-state index contributed by atoms with van der Waals surface area (Å²) >= 11 is 11.4. The molecule has 0 atom stereocenters. The molecule has 0 fully saturated rings. The first-order chi connectivity index (χ1) is 5.72. The molecule has 0 aliphatic heterocycles. The Bertz CT molecular complexity index is 215. The largest absolute Gasteiger partial charge is 0.135 e. The summed E-state index contributed by atoms with van der Waals surface area (Å²) in [6, 6.07) is 0. The molecule has 0 amide bonds. The predicted octanol–water partition coefficient (Wildman–Crippen LogP) is 2.71. The molecule has 0 unspecified atom stereocenters. The van der Waals surface area contributed by atoms with E-state index < -0.39 is 0 Å². The Hall–Kier alpha value is 0.260.